The van der Waals surface area contributed by atoms with Crippen molar-refractivity contribution in [3.05, 3.63) is 40.0 Å². The average Bonchev–Trinajstić information content (AvgIpc) is 3.01. The molecule has 1 aliphatic rings. The Morgan fingerprint density at radius 1 is 1.57 bits per heavy atom. The van der Waals surface area contributed by atoms with Crippen LogP contribution < -0.4 is 4.74 Å². The lowest BCUT2D eigenvalue weighted by Crippen LogP contribution is -2.44. The Labute approximate surface area is 138 Å². The molecule has 1 atom stereocenters. The van der Waals surface area contributed by atoms with Gasteiger partial charge in [-0.15, -0.1) is 11.3 Å². The summed E-state index contributed by atoms with van der Waals surface area (Å²) in [7, 11) is 0. The number of piperidine rings is 1. The van der Waals surface area contributed by atoms with E-state index >= 15 is 0 Å². The van der Waals surface area contributed by atoms with Crippen molar-refractivity contribution < 1.29 is 9.53 Å². The van der Waals surface area contributed by atoms with E-state index < -0.39 is 0 Å². The van der Waals surface area contributed by atoms with Gasteiger partial charge in [0.15, 0.2) is 0 Å². The predicted octanol–water partition coefficient (Wildman–Crippen LogP) is 2.40. The summed E-state index contributed by atoms with van der Waals surface area (Å²) in [5, 5.41) is 11.6. The number of amides is 1. The third-order valence-electron chi connectivity index (χ3n) is 3.65. The molecule has 0 aromatic carbocycles. The number of rotatable bonds is 3. The number of nitrogens with zero attached hydrogens (tertiary/aromatic N) is 4. The van der Waals surface area contributed by atoms with Crippen LogP contribution in [0.5, 0.6) is 5.88 Å². The Bertz CT molecular complexity index is 753. The van der Waals surface area contributed by atoms with E-state index in [4.69, 9.17) is 10.00 Å². The lowest BCUT2D eigenvalue weighted by atomic mass is 10.1. The maximum absolute atomic E-state index is 12.5. The summed E-state index contributed by atoms with van der Waals surface area (Å²) in [4.78, 5) is 22.6. The number of thiazole rings is 1. The number of hydrogen-bond donors (Lipinski definition) is 0. The number of nitriles is 1. The molecule has 0 spiro atoms. The van der Waals surface area contributed by atoms with Crippen LogP contribution in [0.2, 0.25) is 0 Å². The minimum Gasteiger partial charge on any atom is -0.472 e. The molecule has 0 saturated carbocycles. The summed E-state index contributed by atoms with van der Waals surface area (Å²) in [6, 6.07) is 5.31. The van der Waals surface area contributed by atoms with Gasteiger partial charge < -0.3 is 9.64 Å². The molecule has 0 N–H and O–H groups in total. The van der Waals surface area contributed by atoms with Crippen LogP contribution in [0, 0.1) is 18.3 Å². The summed E-state index contributed by atoms with van der Waals surface area (Å²) >= 11 is 1.47. The molecule has 0 aliphatic carbocycles. The van der Waals surface area contributed by atoms with Crippen LogP contribution in [0.1, 0.15) is 33.9 Å². The third kappa shape index (κ3) is 3.66. The average molecular weight is 328 g/mol. The first-order chi connectivity index (χ1) is 11.2. The lowest BCUT2D eigenvalue weighted by Gasteiger charge is -2.32. The zero-order valence-corrected chi connectivity index (χ0v) is 13.5. The first kappa shape index (κ1) is 15.4. The van der Waals surface area contributed by atoms with Crippen LogP contribution in [-0.4, -0.2) is 40.0 Å². The van der Waals surface area contributed by atoms with E-state index in [-0.39, 0.29) is 12.0 Å². The Hall–Kier alpha value is -2.46. The fourth-order valence-corrected chi connectivity index (χ4v) is 3.14. The molecule has 1 saturated heterocycles. The SMILES string of the molecule is Cc1nc(C(=O)N2CCCC(Oc3cc(C#N)ccn3)C2)cs1. The summed E-state index contributed by atoms with van der Waals surface area (Å²) in [5.74, 6) is 0.370. The van der Waals surface area contributed by atoms with Crippen molar-refractivity contribution in [3.8, 4) is 11.9 Å². The van der Waals surface area contributed by atoms with Gasteiger partial charge in [0.25, 0.3) is 5.91 Å². The molecule has 7 heteroatoms. The van der Waals surface area contributed by atoms with E-state index in [9.17, 15) is 4.79 Å². The Kier molecular flexibility index (Phi) is 4.53. The fourth-order valence-electron chi connectivity index (χ4n) is 2.56. The Balaban J connectivity index is 1.66. The molecule has 0 bridgehead atoms. The number of likely N-dealkylation sites (tertiary alicyclic amines) is 1. The standard InChI is InChI=1S/C16H16N4O2S/c1-11-19-14(10-23-11)16(21)20-6-2-3-13(9-20)22-15-7-12(8-17)4-5-18-15/h4-5,7,10,13H,2-3,6,9H2,1H3. The minimum absolute atomic E-state index is 0.0543. The van der Waals surface area contributed by atoms with Crippen LogP contribution in [0.15, 0.2) is 23.7 Å². The predicted molar refractivity (Wildman–Crippen MR) is 85.4 cm³/mol. The van der Waals surface area contributed by atoms with Gasteiger partial charge in [-0.1, -0.05) is 0 Å². The van der Waals surface area contributed by atoms with E-state index in [1.807, 2.05) is 6.92 Å². The van der Waals surface area contributed by atoms with Crippen LogP contribution in [0.3, 0.4) is 0 Å². The van der Waals surface area contributed by atoms with Crippen LogP contribution in [-0.2, 0) is 0 Å². The van der Waals surface area contributed by atoms with Gasteiger partial charge in [-0.2, -0.15) is 5.26 Å². The molecule has 6 nitrogen and oxygen atoms in total. The van der Waals surface area contributed by atoms with Gasteiger partial charge in [-0.25, -0.2) is 9.97 Å². The summed E-state index contributed by atoms with van der Waals surface area (Å²) < 4.78 is 5.85. The molecule has 1 amide bonds. The van der Waals surface area contributed by atoms with Gasteiger partial charge in [0.2, 0.25) is 5.88 Å². The van der Waals surface area contributed by atoms with Gasteiger partial charge in [0.1, 0.15) is 11.8 Å². The molecule has 2 aromatic rings. The number of hydrogen-bond acceptors (Lipinski definition) is 6. The number of carbonyl (C=O) groups excluding carboxylic acids is 1. The molecule has 1 aliphatic heterocycles. The zero-order chi connectivity index (χ0) is 16.2. The number of carbonyl (C=O) groups is 1. The van der Waals surface area contributed by atoms with Crippen LogP contribution in [0.25, 0.3) is 0 Å². The molecular formula is C16H16N4O2S. The van der Waals surface area contributed by atoms with Crippen molar-refractivity contribution in [1.82, 2.24) is 14.9 Å². The molecule has 0 radical (unpaired) electrons. The first-order valence-corrected chi connectivity index (χ1v) is 8.28. The Morgan fingerprint density at radius 2 is 2.43 bits per heavy atom. The zero-order valence-electron chi connectivity index (χ0n) is 12.7. The second-order valence-electron chi connectivity index (χ2n) is 5.38. The molecule has 23 heavy (non-hydrogen) atoms. The van der Waals surface area contributed by atoms with Crippen molar-refractivity contribution in [1.29, 1.82) is 5.26 Å². The molecule has 2 aromatic heterocycles. The fraction of sp³-hybridized carbons (Fsp3) is 0.375. The maximum atomic E-state index is 12.5. The second-order valence-corrected chi connectivity index (χ2v) is 6.44. The molecule has 118 valence electrons. The first-order valence-electron chi connectivity index (χ1n) is 7.40. The normalized spacial score (nSPS) is 17.6. The van der Waals surface area contributed by atoms with Crippen LogP contribution >= 0.6 is 11.3 Å². The highest BCUT2D eigenvalue weighted by Crippen LogP contribution is 2.19. The quantitative estimate of drug-likeness (QED) is 0.864. The van der Waals surface area contributed by atoms with Gasteiger partial charge >= 0.3 is 0 Å². The van der Waals surface area contributed by atoms with E-state index in [1.54, 1.807) is 28.6 Å². The van der Waals surface area contributed by atoms with Crippen LogP contribution in [0.4, 0.5) is 0 Å². The highest BCUT2D eigenvalue weighted by atomic mass is 32.1. The van der Waals surface area contributed by atoms with E-state index in [2.05, 4.69) is 16.0 Å². The second kappa shape index (κ2) is 6.75. The molecule has 1 fully saturated rings. The van der Waals surface area contributed by atoms with Gasteiger partial charge in [0, 0.05) is 24.2 Å². The number of pyridine rings is 1. The van der Waals surface area contributed by atoms with Gasteiger partial charge in [-0.3, -0.25) is 4.79 Å². The van der Waals surface area contributed by atoms with E-state index in [0.29, 0.717) is 30.2 Å². The monoisotopic (exact) mass is 328 g/mol. The smallest absolute Gasteiger partial charge is 0.273 e. The van der Waals surface area contributed by atoms with Crippen molar-refractivity contribution in [2.75, 3.05) is 13.1 Å². The topological polar surface area (TPSA) is 79.1 Å². The molecule has 3 heterocycles. The third-order valence-corrected chi connectivity index (χ3v) is 4.43. The molecular weight excluding hydrogens is 312 g/mol. The summed E-state index contributed by atoms with van der Waals surface area (Å²) in [5.41, 5.74) is 1.01. The van der Waals surface area contributed by atoms with Crippen molar-refractivity contribution in [2.24, 2.45) is 0 Å². The van der Waals surface area contributed by atoms with Gasteiger partial charge in [-0.05, 0) is 25.8 Å². The lowest BCUT2D eigenvalue weighted by molar-refractivity contribution is 0.0523. The van der Waals surface area contributed by atoms with E-state index in [0.717, 1.165) is 17.8 Å². The van der Waals surface area contributed by atoms with Crippen molar-refractivity contribution in [3.63, 3.8) is 0 Å². The summed E-state index contributed by atoms with van der Waals surface area (Å²) in [6.45, 7) is 3.10. The maximum Gasteiger partial charge on any atom is 0.273 e. The Morgan fingerprint density at radius 3 is 3.17 bits per heavy atom. The largest absolute Gasteiger partial charge is 0.472 e. The molecule has 1 unspecified atom stereocenters. The highest BCUT2D eigenvalue weighted by Gasteiger charge is 2.27. The minimum atomic E-state index is -0.117. The van der Waals surface area contributed by atoms with Gasteiger partial charge in [0.05, 0.1) is 23.2 Å². The number of aromatic nitrogens is 2. The van der Waals surface area contributed by atoms with E-state index in [1.165, 1.54) is 11.3 Å². The summed E-state index contributed by atoms with van der Waals surface area (Å²) in [6.07, 6.45) is 3.17. The van der Waals surface area contributed by atoms with Crippen molar-refractivity contribution >= 4 is 17.2 Å². The highest BCUT2D eigenvalue weighted by molar-refractivity contribution is 7.09. The van der Waals surface area contributed by atoms with Crippen molar-refractivity contribution in [2.45, 2.75) is 25.9 Å². The molecule has 3 rings (SSSR count). The number of ether oxygens (including phenoxy) is 1. The number of aryl methyl sites for hydroxylation is 1.